The zero-order chi connectivity index (χ0) is 18.3. The van der Waals surface area contributed by atoms with Crippen LogP contribution in [-0.4, -0.2) is 14.5 Å². The lowest BCUT2D eigenvalue weighted by atomic mass is 9.96. The van der Waals surface area contributed by atoms with E-state index in [0.717, 1.165) is 40.3 Å². The Labute approximate surface area is 159 Å². The summed E-state index contributed by atoms with van der Waals surface area (Å²) in [5.41, 5.74) is 9.26. The predicted octanol–water partition coefficient (Wildman–Crippen LogP) is 4.86. The number of fused-ring (bicyclic) bond motifs is 1. The molecule has 0 bridgehead atoms. The fourth-order valence-corrected chi connectivity index (χ4v) is 4.66. The maximum atomic E-state index is 10.5. The van der Waals surface area contributed by atoms with Gasteiger partial charge in [-0.3, -0.25) is 0 Å². The van der Waals surface area contributed by atoms with Crippen LogP contribution in [0.1, 0.15) is 48.2 Å². The van der Waals surface area contributed by atoms with Crippen molar-refractivity contribution in [2.45, 2.75) is 44.7 Å². The maximum absolute atomic E-state index is 10.5. The van der Waals surface area contributed by atoms with Gasteiger partial charge in [-0.05, 0) is 59.2 Å². The first-order chi connectivity index (χ1) is 12.6. The standard InChI is InChI=1S/C19H20BrN5O/c1-11-23-18(21)17-16(20)10-25(19(17)24-11)15-6-5-14(8-15)13-4-2-3-12(7-13)9-22-26/h2-4,7,10,14-15H,5-6,8-9H2,1H3,(H2,21,23,24). The van der Waals surface area contributed by atoms with Crippen LogP contribution in [0, 0.1) is 11.8 Å². The summed E-state index contributed by atoms with van der Waals surface area (Å²) >= 11 is 3.61. The first-order valence-corrected chi connectivity index (χ1v) is 9.54. The molecule has 3 aromatic rings. The second kappa shape index (κ2) is 6.79. The van der Waals surface area contributed by atoms with E-state index in [1.54, 1.807) is 0 Å². The van der Waals surface area contributed by atoms with Crippen LogP contribution in [0.25, 0.3) is 11.0 Å². The van der Waals surface area contributed by atoms with E-state index in [1.807, 2.05) is 19.1 Å². The molecule has 1 aliphatic carbocycles. The molecule has 0 saturated heterocycles. The van der Waals surface area contributed by atoms with Gasteiger partial charge in [-0.2, -0.15) is 4.91 Å². The second-order valence-corrected chi connectivity index (χ2v) is 7.79. The van der Waals surface area contributed by atoms with Crippen molar-refractivity contribution in [3.63, 3.8) is 0 Å². The number of nitrogen functional groups attached to an aromatic ring is 1. The molecule has 26 heavy (non-hydrogen) atoms. The Morgan fingerprint density at radius 1 is 1.35 bits per heavy atom. The summed E-state index contributed by atoms with van der Waals surface area (Å²) in [4.78, 5) is 19.5. The SMILES string of the molecule is Cc1nc(N)c2c(Br)cn(C3CCC(c4cccc(CN=O)c4)C3)c2n1. The summed E-state index contributed by atoms with van der Waals surface area (Å²) in [6.07, 6.45) is 5.31. The summed E-state index contributed by atoms with van der Waals surface area (Å²) in [5, 5.41) is 3.89. The molecule has 1 fully saturated rings. The lowest BCUT2D eigenvalue weighted by molar-refractivity contribution is 0.523. The van der Waals surface area contributed by atoms with Gasteiger partial charge < -0.3 is 10.3 Å². The van der Waals surface area contributed by atoms with Gasteiger partial charge in [0, 0.05) is 16.7 Å². The maximum Gasteiger partial charge on any atom is 0.147 e. The number of hydrogen-bond acceptors (Lipinski definition) is 5. The molecule has 0 radical (unpaired) electrons. The molecule has 1 aromatic carbocycles. The molecule has 1 aliphatic rings. The van der Waals surface area contributed by atoms with Gasteiger partial charge in [-0.15, -0.1) is 0 Å². The minimum absolute atomic E-state index is 0.231. The number of halogens is 1. The number of aryl methyl sites for hydroxylation is 1. The first kappa shape index (κ1) is 17.1. The van der Waals surface area contributed by atoms with E-state index >= 15 is 0 Å². The normalized spacial score (nSPS) is 19.9. The zero-order valence-corrected chi connectivity index (χ0v) is 16.1. The van der Waals surface area contributed by atoms with E-state index in [9.17, 15) is 4.91 Å². The van der Waals surface area contributed by atoms with Crippen molar-refractivity contribution >= 4 is 32.8 Å². The molecule has 2 atom stereocenters. The Hall–Kier alpha value is -2.28. The van der Waals surface area contributed by atoms with Gasteiger partial charge in [-0.1, -0.05) is 29.4 Å². The molecule has 2 unspecified atom stereocenters. The Kier molecular flexibility index (Phi) is 4.48. The quantitative estimate of drug-likeness (QED) is 0.618. The van der Waals surface area contributed by atoms with Crippen LogP contribution in [0.4, 0.5) is 5.82 Å². The lowest BCUT2D eigenvalue weighted by Crippen LogP contribution is -2.06. The van der Waals surface area contributed by atoms with Gasteiger partial charge >= 0.3 is 0 Å². The highest BCUT2D eigenvalue weighted by Crippen LogP contribution is 2.43. The Bertz CT molecular complexity index is 983. The summed E-state index contributed by atoms with van der Waals surface area (Å²) < 4.78 is 3.17. The number of anilines is 1. The van der Waals surface area contributed by atoms with Crippen LogP contribution >= 0.6 is 15.9 Å². The number of nitroso groups, excluding NO2 is 1. The monoisotopic (exact) mass is 413 g/mol. The molecule has 0 amide bonds. The minimum Gasteiger partial charge on any atom is -0.383 e. The van der Waals surface area contributed by atoms with Crippen LogP contribution in [0.3, 0.4) is 0 Å². The van der Waals surface area contributed by atoms with Crippen molar-refractivity contribution in [3.8, 4) is 0 Å². The van der Waals surface area contributed by atoms with Crippen LogP contribution in [0.5, 0.6) is 0 Å². The Morgan fingerprint density at radius 3 is 3.00 bits per heavy atom. The highest BCUT2D eigenvalue weighted by atomic mass is 79.9. The first-order valence-electron chi connectivity index (χ1n) is 8.75. The number of aromatic nitrogens is 3. The average molecular weight is 414 g/mol. The summed E-state index contributed by atoms with van der Waals surface area (Å²) in [6.45, 7) is 2.10. The third kappa shape index (κ3) is 3.00. The van der Waals surface area contributed by atoms with E-state index in [-0.39, 0.29) is 6.54 Å². The number of benzene rings is 1. The molecule has 7 heteroatoms. The molecular formula is C19H20BrN5O. The molecule has 2 N–H and O–H groups in total. The van der Waals surface area contributed by atoms with Crippen molar-refractivity contribution < 1.29 is 0 Å². The van der Waals surface area contributed by atoms with Crippen molar-refractivity contribution in [2.75, 3.05) is 5.73 Å². The fourth-order valence-electron chi connectivity index (χ4n) is 4.05. The van der Waals surface area contributed by atoms with Crippen LogP contribution in [0.2, 0.25) is 0 Å². The van der Waals surface area contributed by atoms with Crippen molar-refractivity contribution in [3.05, 3.63) is 56.8 Å². The van der Waals surface area contributed by atoms with E-state index in [4.69, 9.17) is 5.73 Å². The molecule has 6 nitrogen and oxygen atoms in total. The molecule has 0 spiro atoms. The highest BCUT2D eigenvalue weighted by molar-refractivity contribution is 9.10. The molecule has 4 rings (SSSR count). The van der Waals surface area contributed by atoms with Crippen molar-refractivity contribution in [2.24, 2.45) is 5.18 Å². The third-order valence-electron chi connectivity index (χ3n) is 5.23. The van der Waals surface area contributed by atoms with E-state index in [2.05, 4.69) is 54.0 Å². The number of nitrogens with zero attached hydrogens (tertiary/aromatic N) is 4. The summed E-state index contributed by atoms with van der Waals surface area (Å²) in [5.74, 6) is 1.68. The van der Waals surface area contributed by atoms with E-state index in [0.29, 0.717) is 23.6 Å². The van der Waals surface area contributed by atoms with Gasteiger partial charge in [0.2, 0.25) is 0 Å². The Balaban J connectivity index is 1.64. The predicted molar refractivity (Wildman–Crippen MR) is 106 cm³/mol. The Morgan fingerprint density at radius 2 is 2.19 bits per heavy atom. The van der Waals surface area contributed by atoms with Crippen LogP contribution in [0.15, 0.2) is 40.1 Å². The topological polar surface area (TPSA) is 86.2 Å². The van der Waals surface area contributed by atoms with Gasteiger partial charge in [0.1, 0.15) is 23.8 Å². The van der Waals surface area contributed by atoms with Crippen molar-refractivity contribution in [1.29, 1.82) is 0 Å². The molecule has 134 valence electrons. The zero-order valence-electron chi connectivity index (χ0n) is 14.5. The second-order valence-electron chi connectivity index (χ2n) is 6.94. The van der Waals surface area contributed by atoms with Gasteiger partial charge in [0.05, 0.1) is 5.39 Å². The summed E-state index contributed by atoms with van der Waals surface area (Å²) in [7, 11) is 0. The molecular weight excluding hydrogens is 394 g/mol. The average Bonchev–Trinajstić information content (AvgIpc) is 3.20. The van der Waals surface area contributed by atoms with Crippen LogP contribution < -0.4 is 5.73 Å². The minimum atomic E-state index is 0.231. The molecule has 1 saturated carbocycles. The molecule has 2 aromatic heterocycles. The third-order valence-corrected chi connectivity index (χ3v) is 5.83. The number of nitrogens with two attached hydrogens (primary N) is 1. The van der Waals surface area contributed by atoms with Gasteiger partial charge in [0.25, 0.3) is 0 Å². The largest absolute Gasteiger partial charge is 0.383 e. The smallest absolute Gasteiger partial charge is 0.147 e. The fraction of sp³-hybridized carbons (Fsp3) is 0.368. The van der Waals surface area contributed by atoms with Gasteiger partial charge in [-0.25, -0.2) is 9.97 Å². The number of hydrogen-bond donors (Lipinski definition) is 1. The number of rotatable bonds is 4. The molecule has 2 heterocycles. The lowest BCUT2D eigenvalue weighted by Gasteiger charge is -2.15. The van der Waals surface area contributed by atoms with E-state index < -0.39 is 0 Å². The molecule has 0 aliphatic heterocycles. The van der Waals surface area contributed by atoms with E-state index in [1.165, 1.54) is 5.56 Å². The van der Waals surface area contributed by atoms with Crippen LogP contribution in [-0.2, 0) is 6.54 Å². The highest BCUT2D eigenvalue weighted by Gasteiger charge is 2.29. The summed E-state index contributed by atoms with van der Waals surface area (Å²) in [6, 6.07) is 8.60. The van der Waals surface area contributed by atoms with Gasteiger partial charge in [0.15, 0.2) is 0 Å². The van der Waals surface area contributed by atoms with Crippen molar-refractivity contribution in [1.82, 2.24) is 14.5 Å².